The van der Waals surface area contributed by atoms with Crippen molar-refractivity contribution in [1.29, 1.82) is 0 Å². The maximum Gasteiger partial charge on any atom is 0.0480 e. The number of rotatable bonds is 3. The lowest BCUT2D eigenvalue weighted by atomic mass is 10.1. The van der Waals surface area contributed by atoms with E-state index >= 15 is 0 Å². The topological polar surface area (TPSA) is 30.9 Å². The fourth-order valence-electron chi connectivity index (χ4n) is 1.81. The van der Waals surface area contributed by atoms with Crippen molar-refractivity contribution in [2.45, 2.75) is 26.4 Å². The number of hydrogen-bond donors (Lipinski definition) is 1. The molecule has 1 heterocycles. The highest BCUT2D eigenvalue weighted by Gasteiger charge is 2.00. The minimum Gasteiger partial charge on any atom is -0.347 e. The van der Waals surface area contributed by atoms with E-state index in [1.165, 1.54) is 22.9 Å². The highest BCUT2D eigenvalue weighted by molar-refractivity contribution is 5.80. The zero-order chi connectivity index (χ0) is 9.97. The summed E-state index contributed by atoms with van der Waals surface area (Å²) in [5, 5.41) is 1.29. The predicted molar refractivity (Wildman–Crippen MR) is 60.1 cm³/mol. The van der Waals surface area contributed by atoms with Crippen LogP contribution in [-0.2, 0) is 13.1 Å². The molecule has 74 valence electrons. The molecule has 0 amide bonds. The molecular formula is C12H16N2. The van der Waals surface area contributed by atoms with Gasteiger partial charge in [-0.1, -0.05) is 13.0 Å². The van der Waals surface area contributed by atoms with Gasteiger partial charge in [-0.25, -0.2) is 0 Å². The largest absolute Gasteiger partial charge is 0.347 e. The lowest BCUT2D eigenvalue weighted by Crippen LogP contribution is -1.97. The second kappa shape index (κ2) is 3.84. The third kappa shape index (κ3) is 1.53. The van der Waals surface area contributed by atoms with E-state index in [9.17, 15) is 0 Å². The Morgan fingerprint density at radius 3 is 2.86 bits per heavy atom. The average molecular weight is 188 g/mol. The lowest BCUT2D eigenvalue weighted by Gasteiger charge is -2.03. The molecule has 0 fully saturated rings. The first-order chi connectivity index (χ1) is 6.85. The summed E-state index contributed by atoms with van der Waals surface area (Å²) in [6, 6.07) is 8.59. The molecule has 0 saturated carbocycles. The summed E-state index contributed by atoms with van der Waals surface area (Å²) in [7, 11) is 0. The van der Waals surface area contributed by atoms with Crippen LogP contribution >= 0.6 is 0 Å². The molecular weight excluding hydrogens is 172 g/mol. The Morgan fingerprint density at radius 1 is 1.29 bits per heavy atom. The van der Waals surface area contributed by atoms with Crippen LogP contribution in [0.3, 0.4) is 0 Å². The molecule has 2 N–H and O–H groups in total. The van der Waals surface area contributed by atoms with Crippen LogP contribution in [0.25, 0.3) is 10.9 Å². The Labute approximate surface area is 84.3 Å². The van der Waals surface area contributed by atoms with Gasteiger partial charge >= 0.3 is 0 Å². The van der Waals surface area contributed by atoms with E-state index in [2.05, 4.69) is 42.0 Å². The third-order valence-electron chi connectivity index (χ3n) is 2.54. The molecule has 2 heteroatoms. The number of hydrogen-bond acceptors (Lipinski definition) is 1. The summed E-state index contributed by atoms with van der Waals surface area (Å²) in [5.74, 6) is 0. The van der Waals surface area contributed by atoms with Crippen molar-refractivity contribution < 1.29 is 0 Å². The smallest absolute Gasteiger partial charge is 0.0480 e. The van der Waals surface area contributed by atoms with Gasteiger partial charge in [0.15, 0.2) is 0 Å². The van der Waals surface area contributed by atoms with E-state index in [1.54, 1.807) is 0 Å². The van der Waals surface area contributed by atoms with Crippen LogP contribution in [-0.4, -0.2) is 4.57 Å². The zero-order valence-corrected chi connectivity index (χ0v) is 8.53. The van der Waals surface area contributed by atoms with Crippen LogP contribution in [0.5, 0.6) is 0 Å². The predicted octanol–water partition coefficient (Wildman–Crippen LogP) is 2.51. The van der Waals surface area contributed by atoms with E-state index in [0.717, 1.165) is 6.54 Å². The molecule has 2 aromatic rings. The van der Waals surface area contributed by atoms with E-state index in [4.69, 9.17) is 5.73 Å². The highest BCUT2D eigenvalue weighted by atomic mass is 14.9. The van der Waals surface area contributed by atoms with Crippen LogP contribution in [0.4, 0.5) is 0 Å². The van der Waals surface area contributed by atoms with Crippen molar-refractivity contribution in [2.24, 2.45) is 5.73 Å². The van der Waals surface area contributed by atoms with Crippen LogP contribution in [0.15, 0.2) is 30.5 Å². The maximum atomic E-state index is 5.60. The Bertz CT molecular complexity index is 429. The van der Waals surface area contributed by atoms with Gasteiger partial charge in [-0.2, -0.15) is 0 Å². The quantitative estimate of drug-likeness (QED) is 0.788. The summed E-state index contributed by atoms with van der Waals surface area (Å²) in [6.45, 7) is 3.90. The SMILES string of the molecule is CCCn1ccc2cc(CN)ccc21. The van der Waals surface area contributed by atoms with Crippen molar-refractivity contribution >= 4 is 10.9 Å². The van der Waals surface area contributed by atoms with E-state index in [-0.39, 0.29) is 0 Å². The Balaban J connectivity index is 2.48. The first kappa shape index (κ1) is 9.28. The monoisotopic (exact) mass is 188 g/mol. The van der Waals surface area contributed by atoms with Crippen molar-refractivity contribution in [3.63, 3.8) is 0 Å². The summed E-state index contributed by atoms with van der Waals surface area (Å²) in [4.78, 5) is 0. The van der Waals surface area contributed by atoms with Gasteiger partial charge in [-0.05, 0) is 35.6 Å². The number of aryl methyl sites for hydroxylation is 1. The number of nitrogens with two attached hydrogens (primary N) is 1. The second-order valence-electron chi connectivity index (χ2n) is 3.61. The molecule has 0 aliphatic rings. The van der Waals surface area contributed by atoms with Gasteiger partial charge in [0, 0.05) is 24.8 Å². The van der Waals surface area contributed by atoms with Crippen molar-refractivity contribution in [2.75, 3.05) is 0 Å². The summed E-state index contributed by atoms with van der Waals surface area (Å²) in [6.07, 6.45) is 3.32. The van der Waals surface area contributed by atoms with E-state index in [0.29, 0.717) is 6.54 Å². The molecule has 0 bridgehead atoms. The molecule has 2 rings (SSSR count). The molecule has 0 atom stereocenters. The Hall–Kier alpha value is -1.28. The van der Waals surface area contributed by atoms with Crippen LogP contribution in [0, 0.1) is 0 Å². The molecule has 0 aliphatic carbocycles. The minimum atomic E-state index is 0.620. The van der Waals surface area contributed by atoms with Gasteiger partial charge in [0.2, 0.25) is 0 Å². The summed E-state index contributed by atoms with van der Waals surface area (Å²) >= 11 is 0. The molecule has 0 spiro atoms. The maximum absolute atomic E-state index is 5.60. The van der Waals surface area contributed by atoms with Gasteiger partial charge in [-0.15, -0.1) is 0 Å². The van der Waals surface area contributed by atoms with Gasteiger partial charge < -0.3 is 10.3 Å². The molecule has 1 aromatic carbocycles. The van der Waals surface area contributed by atoms with Gasteiger partial charge in [0.05, 0.1) is 0 Å². The number of benzene rings is 1. The lowest BCUT2D eigenvalue weighted by molar-refractivity contribution is 0.703. The number of fused-ring (bicyclic) bond motifs is 1. The van der Waals surface area contributed by atoms with Crippen molar-refractivity contribution in [3.05, 3.63) is 36.0 Å². The number of aromatic nitrogens is 1. The van der Waals surface area contributed by atoms with E-state index in [1.807, 2.05) is 0 Å². The molecule has 14 heavy (non-hydrogen) atoms. The summed E-state index contributed by atoms with van der Waals surface area (Å²) in [5.41, 5.74) is 8.11. The van der Waals surface area contributed by atoms with Crippen LogP contribution in [0.1, 0.15) is 18.9 Å². The van der Waals surface area contributed by atoms with Crippen LogP contribution in [0.2, 0.25) is 0 Å². The minimum absolute atomic E-state index is 0.620. The normalized spacial score (nSPS) is 11.0. The number of nitrogens with zero attached hydrogens (tertiary/aromatic N) is 1. The van der Waals surface area contributed by atoms with Gasteiger partial charge in [-0.3, -0.25) is 0 Å². The molecule has 0 unspecified atom stereocenters. The highest BCUT2D eigenvalue weighted by Crippen LogP contribution is 2.17. The summed E-state index contributed by atoms with van der Waals surface area (Å²) < 4.78 is 2.29. The first-order valence-corrected chi connectivity index (χ1v) is 5.13. The zero-order valence-electron chi connectivity index (χ0n) is 8.53. The fraction of sp³-hybridized carbons (Fsp3) is 0.333. The third-order valence-corrected chi connectivity index (χ3v) is 2.54. The molecule has 2 nitrogen and oxygen atoms in total. The van der Waals surface area contributed by atoms with Crippen molar-refractivity contribution in [3.8, 4) is 0 Å². The second-order valence-corrected chi connectivity index (χ2v) is 3.61. The Morgan fingerprint density at radius 2 is 2.14 bits per heavy atom. The van der Waals surface area contributed by atoms with E-state index < -0.39 is 0 Å². The standard InChI is InChI=1S/C12H16N2/c1-2-6-14-7-5-11-8-10(9-13)3-4-12(11)14/h3-5,7-8H,2,6,9,13H2,1H3. The molecule has 0 radical (unpaired) electrons. The van der Waals surface area contributed by atoms with Crippen molar-refractivity contribution in [1.82, 2.24) is 4.57 Å². The molecule has 1 aromatic heterocycles. The Kier molecular flexibility index (Phi) is 2.55. The van der Waals surface area contributed by atoms with Gasteiger partial charge in [0.1, 0.15) is 0 Å². The average Bonchev–Trinajstić information content (AvgIpc) is 2.61. The van der Waals surface area contributed by atoms with Crippen LogP contribution < -0.4 is 5.73 Å². The molecule has 0 aliphatic heterocycles. The first-order valence-electron chi connectivity index (χ1n) is 5.13. The fourth-order valence-corrected chi connectivity index (χ4v) is 1.81. The van der Waals surface area contributed by atoms with Gasteiger partial charge in [0.25, 0.3) is 0 Å². The molecule has 0 saturated heterocycles.